The highest BCUT2D eigenvalue weighted by Gasteiger charge is 2.06. The van der Waals surface area contributed by atoms with E-state index < -0.39 is 0 Å². The summed E-state index contributed by atoms with van der Waals surface area (Å²) in [5.74, 6) is 0.429. The van der Waals surface area contributed by atoms with Gasteiger partial charge in [0.1, 0.15) is 0 Å². The average Bonchev–Trinajstić information content (AvgIpc) is 2.22. The number of nitrogens with two attached hydrogens (primary N) is 1. The van der Waals surface area contributed by atoms with Crippen LogP contribution >= 0.6 is 0 Å². The van der Waals surface area contributed by atoms with Crippen LogP contribution in [0.5, 0.6) is 0 Å². The number of hydrogen-bond donors (Lipinski definition) is 1. The molecule has 1 atom stereocenters. The maximum atomic E-state index is 11.3. The van der Waals surface area contributed by atoms with Gasteiger partial charge < -0.3 is 10.5 Å². The van der Waals surface area contributed by atoms with Crippen molar-refractivity contribution in [1.29, 1.82) is 0 Å². The molecule has 1 unspecified atom stereocenters. The van der Waals surface area contributed by atoms with E-state index in [4.69, 9.17) is 10.5 Å². The van der Waals surface area contributed by atoms with Gasteiger partial charge in [-0.05, 0) is 31.7 Å². The van der Waals surface area contributed by atoms with Crippen LogP contribution in [0.1, 0.15) is 52.4 Å². The van der Waals surface area contributed by atoms with E-state index in [1.807, 2.05) is 0 Å². The Hall–Kier alpha value is -0.570. The smallest absolute Gasteiger partial charge is 0.305 e. The molecule has 0 aromatic rings. The van der Waals surface area contributed by atoms with Gasteiger partial charge in [-0.2, -0.15) is 0 Å². The summed E-state index contributed by atoms with van der Waals surface area (Å²) in [4.78, 5) is 11.3. The minimum Gasteiger partial charge on any atom is -0.465 e. The molecule has 0 aliphatic heterocycles. The van der Waals surface area contributed by atoms with Crippen LogP contribution < -0.4 is 5.73 Å². The number of hydrogen-bond acceptors (Lipinski definition) is 3. The minimum atomic E-state index is -0.0602. The van der Waals surface area contributed by atoms with Gasteiger partial charge in [-0.25, -0.2) is 0 Å². The van der Waals surface area contributed by atoms with E-state index in [1.165, 1.54) is 0 Å². The van der Waals surface area contributed by atoms with Crippen LogP contribution in [-0.4, -0.2) is 19.1 Å². The zero-order valence-electron chi connectivity index (χ0n) is 10.1. The lowest BCUT2D eigenvalue weighted by Gasteiger charge is -2.10. The minimum absolute atomic E-state index is 0.0602. The van der Waals surface area contributed by atoms with E-state index in [1.54, 1.807) is 0 Å². The highest BCUT2D eigenvalue weighted by Crippen LogP contribution is 2.07. The largest absolute Gasteiger partial charge is 0.465 e. The first-order valence-corrected chi connectivity index (χ1v) is 6.06. The highest BCUT2D eigenvalue weighted by molar-refractivity contribution is 5.69. The molecule has 0 bridgehead atoms. The summed E-state index contributed by atoms with van der Waals surface area (Å²) in [5.41, 5.74) is 5.36. The van der Waals surface area contributed by atoms with Gasteiger partial charge in [0, 0.05) is 6.42 Å². The molecule has 0 aliphatic rings. The summed E-state index contributed by atoms with van der Waals surface area (Å²) in [6, 6.07) is 0. The fourth-order valence-electron chi connectivity index (χ4n) is 1.47. The average molecular weight is 215 g/mol. The Bertz CT molecular complexity index is 160. The molecule has 0 spiro atoms. The lowest BCUT2D eigenvalue weighted by atomic mass is 10.1. The van der Waals surface area contributed by atoms with E-state index >= 15 is 0 Å². The van der Waals surface area contributed by atoms with E-state index in [0.29, 0.717) is 25.5 Å². The van der Waals surface area contributed by atoms with Crippen molar-refractivity contribution in [2.75, 3.05) is 13.2 Å². The number of carbonyl (C=O) groups is 1. The van der Waals surface area contributed by atoms with Gasteiger partial charge in [-0.15, -0.1) is 0 Å². The van der Waals surface area contributed by atoms with E-state index in [0.717, 1.165) is 32.1 Å². The maximum Gasteiger partial charge on any atom is 0.305 e. The first-order chi connectivity index (χ1) is 7.20. The zero-order chi connectivity index (χ0) is 11.5. The molecule has 90 valence electrons. The van der Waals surface area contributed by atoms with Gasteiger partial charge in [0.2, 0.25) is 0 Å². The quantitative estimate of drug-likeness (QED) is 0.475. The fourth-order valence-corrected chi connectivity index (χ4v) is 1.47. The molecule has 0 heterocycles. The van der Waals surface area contributed by atoms with Crippen LogP contribution in [0.2, 0.25) is 0 Å². The Morgan fingerprint density at radius 2 is 2.07 bits per heavy atom. The molecule has 3 nitrogen and oxygen atoms in total. The molecule has 0 aliphatic carbocycles. The van der Waals surface area contributed by atoms with E-state index in [9.17, 15) is 4.79 Å². The van der Waals surface area contributed by atoms with Crippen molar-refractivity contribution >= 4 is 5.97 Å². The lowest BCUT2D eigenvalue weighted by Crippen LogP contribution is -2.11. The summed E-state index contributed by atoms with van der Waals surface area (Å²) in [5, 5.41) is 0. The fraction of sp³-hybridized carbons (Fsp3) is 0.917. The van der Waals surface area contributed by atoms with Crippen molar-refractivity contribution in [2.24, 2.45) is 11.7 Å². The Labute approximate surface area is 93.4 Å². The van der Waals surface area contributed by atoms with Crippen LogP contribution in [0.25, 0.3) is 0 Å². The number of carbonyl (C=O) groups excluding carboxylic acids is 1. The van der Waals surface area contributed by atoms with Crippen molar-refractivity contribution in [2.45, 2.75) is 52.4 Å². The Balaban J connectivity index is 3.32. The molecular weight excluding hydrogens is 190 g/mol. The van der Waals surface area contributed by atoms with Crippen LogP contribution in [0.4, 0.5) is 0 Å². The molecule has 0 fully saturated rings. The predicted octanol–water partition coefficient (Wildman–Crippen LogP) is 2.48. The summed E-state index contributed by atoms with van der Waals surface area (Å²) < 4.78 is 5.17. The Morgan fingerprint density at radius 1 is 1.33 bits per heavy atom. The van der Waals surface area contributed by atoms with Gasteiger partial charge in [0.05, 0.1) is 6.61 Å². The summed E-state index contributed by atoms with van der Waals surface area (Å²) in [6.07, 6.45) is 5.74. The second kappa shape index (κ2) is 9.97. The molecular formula is C12H25NO2. The number of esters is 1. The normalized spacial score (nSPS) is 12.5. The van der Waals surface area contributed by atoms with Gasteiger partial charge in [-0.3, -0.25) is 4.79 Å². The van der Waals surface area contributed by atoms with Gasteiger partial charge in [-0.1, -0.05) is 26.7 Å². The predicted molar refractivity (Wildman–Crippen MR) is 62.6 cm³/mol. The number of rotatable bonds is 9. The molecule has 0 amide bonds. The van der Waals surface area contributed by atoms with Crippen LogP contribution in [-0.2, 0) is 9.53 Å². The van der Waals surface area contributed by atoms with Gasteiger partial charge >= 0.3 is 5.97 Å². The molecule has 2 N–H and O–H groups in total. The summed E-state index contributed by atoms with van der Waals surface area (Å²) in [7, 11) is 0. The lowest BCUT2D eigenvalue weighted by molar-refractivity contribution is -0.145. The molecule has 0 radical (unpaired) electrons. The van der Waals surface area contributed by atoms with Crippen LogP contribution in [0.3, 0.4) is 0 Å². The second-order valence-corrected chi connectivity index (χ2v) is 4.18. The third-order valence-corrected chi connectivity index (χ3v) is 2.40. The highest BCUT2D eigenvalue weighted by atomic mass is 16.5. The standard InChI is InChI=1S/C12H25NO2/c1-3-7-11(2)10-15-12(14)8-5-4-6-9-13/h11H,3-10,13H2,1-2H3. The summed E-state index contributed by atoms with van der Waals surface area (Å²) >= 11 is 0. The third-order valence-electron chi connectivity index (χ3n) is 2.40. The monoisotopic (exact) mass is 215 g/mol. The van der Waals surface area contributed by atoms with Crippen molar-refractivity contribution in [3.63, 3.8) is 0 Å². The molecule has 0 aromatic heterocycles. The zero-order valence-corrected chi connectivity index (χ0v) is 10.1. The Morgan fingerprint density at radius 3 is 2.67 bits per heavy atom. The van der Waals surface area contributed by atoms with Crippen molar-refractivity contribution < 1.29 is 9.53 Å². The number of unbranched alkanes of at least 4 members (excludes halogenated alkanes) is 2. The Kier molecular flexibility index (Phi) is 9.59. The summed E-state index contributed by atoms with van der Waals surface area (Å²) in [6.45, 7) is 5.54. The molecule has 0 saturated heterocycles. The topological polar surface area (TPSA) is 52.3 Å². The van der Waals surface area contributed by atoms with Crippen LogP contribution in [0, 0.1) is 5.92 Å². The molecule has 0 saturated carbocycles. The molecule has 0 aromatic carbocycles. The third kappa shape index (κ3) is 9.73. The first-order valence-electron chi connectivity index (χ1n) is 6.06. The first kappa shape index (κ1) is 14.4. The van der Waals surface area contributed by atoms with Crippen LogP contribution in [0.15, 0.2) is 0 Å². The van der Waals surface area contributed by atoms with Gasteiger partial charge in [0.25, 0.3) is 0 Å². The van der Waals surface area contributed by atoms with E-state index in [2.05, 4.69) is 13.8 Å². The maximum absolute atomic E-state index is 11.3. The van der Waals surface area contributed by atoms with Crippen molar-refractivity contribution in [3.8, 4) is 0 Å². The molecule has 15 heavy (non-hydrogen) atoms. The van der Waals surface area contributed by atoms with Crippen molar-refractivity contribution in [1.82, 2.24) is 0 Å². The van der Waals surface area contributed by atoms with E-state index in [-0.39, 0.29) is 5.97 Å². The van der Waals surface area contributed by atoms with Gasteiger partial charge in [0.15, 0.2) is 0 Å². The molecule has 0 rings (SSSR count). The number of ether oxygens (including phenoxy) is 1. The van der Waals surface area contributed by atoms with Crippen molar-refractivity contribution in [3.05, 3.63) is 0 Å². The SMILES string of the molecule is CCCC(C)COC(=O)CCCCCN. The second-order valence-electron chi connectivity index (χ2n) is 4.18. The molecule has 3 heteroatoms.